The van der Waals surface area contributed by atoms with Crippen LogP contribution >= 0.6 is 0 Å². The predicted molar refractivity (Wildman–Crippen MR) is 605 cm³/mol. The molecule has 0 amide bonds. The molecular weight excluding hydrogens is 1760 g/mol. The quantitative estimate of drug-likeness (QED) is 0.130. The molecule has 7 heterocycles. The number of nitrogens with zero attached hydrogens (tertiary/aromatic N) is 8. The normalized spacial score (nSPS) is 13.8. The van der Waals surface area contributed by atoms with Crippen LogP contribution in [0.2, 0.25) is 0 Å². The van der Waals surface area contributed by atoms with Gasteiger partial charge in [-0.25, -0.2) is 9.97 Å². The van der Waals surface area contributed by atoms with E-state index in [0.717, 1.165) is 128 Å². The average molecular weight is 1850 g/mol. The Morgan fingerprint density at radius 2 is 0.400 bits per heavy atom. The van der Waals surface area contributed by atoms with Gasteiger partial charge < -0.3 is 27.4 Å². The summed E-state index contributed by atoms with van der Waals surface area (Å²) in [5, 5.41) is 15.4. The minimum absolute atomic E-state index is 0.148. The van der Waals surface area contributed by atoms with Gasteiger partial charge in [0.1, 0.15) is 0 Å². The summed E-state index contributed by atoms with van der Waals surface area (Å²) in [6, 6.07) is 169. The third-order valence-corrected chi connectivity index (χ3v) is 33.2. The van der Waals surface area contributed by atoms with Crippen LogP contribution in [-0.4, -0.2) is 37.4 Å². The largest absolute Gasteiger partial charge is 0.309 e. The van der Waals surface area contributed by atoms with Crippen LogP contribution in [0.4, 0.5) is 0 Å². The van der Waals surface area contributed by atoms with Crippen molar-refractivity contribution < 1.29 is 0 Å². The lowest BCUT2D eigenvalue weighted by Crippen LogP contribution is -2.15. The Morgan fingerprint density at radius 3 is 0.724 bits per heavy atom. The van der Waals surface area contributed by atoms with E-state index in [4.69, 9.17) is 9.97 Å². The Hall–Kier alpha value is -18.2. The maximum absolute atomic E-state index is 5.94. The Bertz CT molecular complexity index is 10600. The topological polar surface area (TPSA) is 55.4 Å². The predicted octanol–water partition coefficient (Wildman–Crippen LogP) is 35.5. The van der Waals surface area contributed by atoms with E-state index >= 15 is 0 Å². The van der Waals surface area contributed by atoms with Gasteiger partial charge in [0.2, 0.25) is 0 Å². The van der Waals surface area contributed by atoms with Crippen LogP contribution in [-0.2, 0) is 16.2 Å². The SMILES string of the molecule is CC1(C)c2ccccc2-c2ccc(-n3c4ccccc4c4ccc(-c5ccc6c7ccccc7n(-c7ccc(-c8nc(-c9cccc(-n%10c%11ccccc%11c%11ccc(-c%12ccc%13c%14ccccc%14n(-c%14ccc%15c(c%14)C(C)(C)c%14ccccc%14-%15)c%13c%12)cc%11%10)c9)nc9ccc(-n%10c%11ccccc%11c%11ccc(-c%12ccc%13c%14ccccc%14n(-c%14ccc%15c(c%14)C(C)(C)c%14ccccc%14-%15)c%13c%12)cc%11%10)cc89)cc7)c6c5)cc43)cc21. The maximum atomic E-state index is 5.94. The number of aromatic nitrogens is 8. The van der Waals surface area contributed by atoms with Crippen molar-refractivity contribution in [3.8, 4) is 124 Å². The summed E-state index contributed by atoms with van der Waals surface area (Å²) in [7, 11) is 0. The van der Waals surface area contributed by atoms with Gasteiger partial charge in [-0.15, -0.1) is 0 Å². The van der Waals surface area contributed by atoms with Crippen molar-refractivity contribution in [3.05, 3.63) is 482 Å². The first-order valence-electron chi connectivity index (χ1n) is 50.6. The van der Waals surface area contributed by atoms with Crippen molar-refractivity contribution >= 4 is 142 Å². The molecule has 0 aliphatic heterocycles. The van der Waals surface area contributed by atoms with E-state index in [0.29, 0.717) is 5.82 Å². The Labute approximate surface area is 836 Å². The highest BCUT2D eigenvalue weighted by atomic mass is 15.0. The first-order valence-corrected chi connectivity index (χ1v) is 50.6. The second kappa shape index (κ2) is 29.9. The number of fused-ring (bicyclic) bond motifs is 28. The van der Waals surface area contributed by atoms with Crippen LogP contribution in [0.25, 0.3) is 265 Å². The van der Waals surface area contributed by atoms with Crippen molar-refractivity contribution in [2.24, 2.45) is 0 Å². The van der Waals surface area contributed by atoms with E-state index in [1.54, 1.807) is 0 Å². The molecule has 31 rings (SSSR count). The third kappa shape index (κ3) is 11.6. The van der Waals surface area contributed by atoms with Crippen molar-refractivity contribution in [3.63, 3.8) is 0 Å². The number of hydrogen-bond acceptors (Lipinski definition) is 2. The van der Waals surface area contributed by atoms with Gasteiger partial charge in [-0.3, -0.25) is 0 Å². The van der Waals surface area contributed by atoms with Crippen LogP contribution in [0.3, 0.4) is 0 Å². The summed E-state index contributed by atoms with van der Waals surface area (Å²) < 4.78 is 14.8. The summed E-state index contributed by atoms with van der Waals surface area (Å²) in [5.41, 5.74) is 46.3. The maximum Gasteiger partial charge on any atom is 0.160 e. The lowest BCUT2D eigenvalue weighted by atomic mass is 9.82. The Balaban J connectivity index is 0.555. The van der Waals surface area contributed by atoms with Gasteiger partial charge in [-0.2, -0.15) is 0 Å². The molecule has 0 spiro atoms. The second-order valence-electron chi connectivity index (χ2n) is 41.9. The molecule has 0 radical (unpaired) electrons. The van der Waals surface area contributed by atoms with Crippen LogP contribution in [0.15, 0.2) is 449 Å². The third-order valence-electron chi connectivity index (χ3n) is 33.2. The summed E-state index contributed by atoms with van der Waals surface area (Å²) in [4.78, 5) is 11.7. The number of para-hydroxylation sites is 6. The first kappa shape index (κ1) is 81.6. The van der Waals surface area contributed by atoms with Crippen LogP contribution < -0.4 is 0 Å². The van der Waals surface area contributed by atoms with E-state index in [-0.39, 0.29) is 16.2 Å². The zero-order chi connectivity index (χ0) is 95.9. The minimum Gasteiger partial charge on any atom is -0.309 e. The zero-order valence-electron chi connectivity index (χ0n) is 80.8. The highest BCUT2D eigenvalue weighted by Crippen LogP contribution is 2.55. The molecule has 3 aliphatic carbocycles. The minimum atomic E-state index is -0.154. The van der Waals surface area contributed by atoms with Crippen LogP contribution in [0.5, 0.6) is 0 Å². The van der Waals surface area contributed by atoms with Crippen molar-refractivity contribution in [1.82, 2.24) is 37.4 Å². The monoisotopic (exact) mass is 1850 g/mol. The number of hydrogen-bond donors (Lipinski definition) is 0. The molecule has 680 valence electrons. The van der Waals surface area contributed by atoms with E-state index in [2.05, 4.69) is 518 Å². The van der Waals surface area contributed by atoms with Gasteiger partial charge in [0.25, 0.3) is 0 Å². The molecular formula is C137H92N8. The molecule has 0 N–H and O–H groups in total. The lowest BCUT2D eigenvalue weighted by molar-refractivity contribution is 0.660. The van der Waals surface area contributed by atoms with Crippen LogP contribution in [0, 0.1) is 0 Å². The highest BCUT2D eigenvalue weighted by Gasteiger charge is 2.40. The fraction of sp³-hybridized carbons (Fsp3) is 0.0657. The van der Waals surface area contributed by atoms with Gasteiger partial charge >= 0.3 is 0 Å². The molecule has 0 saturated carbocycles. The molecule has 28 aromatic rings. The fourth-order valence-electron chi connectivity index (χ4n) is 26.2. The summed E-state index contributed by atoms with van der Waals surface area (Å²) in [6.07, 6.45) is 0. The Morgan fingerprint density at radius 1 is 0.152 bits per heavy atom. The molecule has 145 heavy (non-hydrogen) atoms. The van der Waals surface area contributed by atoms with Gasteiger partial charge in [0.05, 0.1) is 77.4 Å². The second-order valence-corrected chi connectivity index (χ2v) is 41.9. The molecule has 0 atom stereocenters. The molecule has 0 bridgehead atoms. The molecule has 0 saturated heterocycles. The molecule has 3 aliphatic rings. The molecule has 8 heteroatoms. The van der Waals surface area contributed by atoms with E-state index in [1.807, 2.05) is 0 Å². The number of benzene rings is 21. The molecule has 7 aromatic heterocycles. The van der Waals surface area contributed by atoms with E-state index in [9.17, 15) is 0 Å². The standard InChI is InChI=1S/C137H92N8/c1-135(2)114-37-16-7-28-95(114)98-66-56-92(78-117(98)135)143-124-43-22-13-34-104(124)110-63-51-85(74-130(110)143)82-48-60-107-101-31-10-19-40-121(101)140(127(107)71-82)89-54-46-81(47-55-89)133-113-77-91(142-123-42-21-12-33-103(123)109-62-50-84(73-129(109)142)87-53-65-112-106-36-15-24-45-126(106)145(132(112)76-87)94-58-68-100-97-30-9-18-39-116(97)137(5,6)119(100)80-94)59-69-120(113)138-134(139-133)88-26-25-27-90(70-88)141-122-41-20-11-32-102(122)108-61-49-83(72-128(108)141)86-52-64-111-105-35-14-23-44-125(105)144(131(111)75-86)93-57-67-99-96-29-8-17-38-115(96)136(3,4)118(99)79-93/h7-80H,1-6H3. The fourth-order valence-corrected chi connectivity index (χ4v) is 26.2. The van der Waals surface area contributed by atoms with Crippen LogP contribution in [0.1, 0.15) is 74.9 Å². The van der Waals surface area contributed by atoms with Gasteiger partial charge in [-0.05, 0) is 252 Å². The van der Waals surface area contributed by atoms with Gasteiger partial charge in [0, 0.05) is 132 Å². The van der Waals surface area contributed by atoms with Crippen molar-refractivity contribution in [2.45, 2.75) is 57.8 Å². The van der Waals surface area contributed by atoms with Gasteiger partial charge in [-0.1, -0.05) is 339 Å². The van der Waals surface area contributed by atoms with Crippen molar-refractivity contribution in [1.29, 1.82) is 0 Å². The molecule has 21 aromatic carbocycles. The summed E-state index contributed by atoms with van der Waals surface area (Å²) in [6.45, 7) is 14.2. The molecule has 0 unspecified atom stereocenters. The number of rotatable bonds is 11. The van der Waals surface area contributed by atoms with E-state index < -0.39 is 0 Å². The highest BCUT2D eigenvalue weighted by molar-refractivity contribution is 6.18. The van der Waals surface area contributed by atoms with Crippen molar-refractivity contribution in [2.75, 3.05) is 0 Å². The first-order chi connectivity index (χ1) is 71.1. The summed E-state index contributed by atoms with van der Waals surface area (Å²) in [5.74, 6) is 0.626. The summed E-state index contributed by atoms with van der Waals surface area (Å²) >= 11 is 0. The Kier molecular flexibility index (Phi) is 16.8. The smallest absolute Gasteiger partial charge is 0.160 e. The van der Waals surface area contributed by atoms with E-state index in [1.165, 1.54) is 164 Å². The average Bonchev–Trinajstić information content (AvgIpc) is 1.57. The molecule has 8 nitrogen and oxygen atoms in total. The molecule has 0 fully saturated rings. The lowest BCUT2D eigenvalue weighted by Gasteiger charge is -2.22. The zero-order valence-corrected chi connectivity index (χ0v) is 80.8. The van der Waals surface area contributed by atoms with Gasteiger partial charge in [0.15, 0.2) is 5.82 Å².